The number of hydrogen-bond acceptors (Lipinski definition) is 3. The summed E-state index contributed by atoms with van der Waals surface area (Å²) in [7, 11) is 1.34. The van der Waals surface area contributed by atoms with E-state index in [0.29, 0.717) is 22.2 Å². The van der Waals surface area contributed by atoms with Gasteiger partial charge in [-0.3, -0.25) is 9.20 Å². The molecule has 0 atom stereocenters. The smallest absolute Gasteiger partial charge is 0.340 e. The van der Waals surface area contributed by atoms with Crippen molar-refractivity contribution in [3.05, 3.63) is 76.2 Å². The Morgan fingerprint density at radius 1 is 1.05 bits per heavy atom. The molecule has 22 heavy (non-hydrogen) atoms. The maximum Gasteiger partial charge on any atom is 0.340 e. The molecular weight excluding hydrogens is 278 g/mol. The summed E-state index contributed by atoms with van der Waals surface area (Å²) in [4.78, 5) is 24.9. The molecule has 0 N–H and O–H groups in total. The highest BCUT2D eigenvalue weighted by molar-refractivity contribution is 6.04. The van der Waals surface area contributed by atoms with E-state index < -0.39 is 5.97 Å². The standard InChI is InChI=1S/C18H15NO3/c1-12-15(13-8-4-3-5-9-13)16(18(21)22-2)14-10-6-7-11-19(14)17(12)20/h3-11H,1-2H3. The highest BCUT2D eigenvalue weighted by atomic mass is 16.5. The summed E-state index contributed by atoms with van der Waals surface area (Å²) >= 11 is 0. The molecule has 4 nitrogen and oxygen atoms in total. The van der Waals surface area contributed by atoms with Crippen LogP contribution < -0.4 is 5.56 Å². The zero-order chi connectivity index (χ0) is 15.7. The number of pyridine rings is 2. The van der Waals surface area contributed by atoms with Gasteiger partial charge in [0.15, 0.2) is 0 Å². The van der Waals surface area contributed by atoms with E-state index in [2.05, 4.69) is 0 Å². The number of rotatable bonds is 2. The second-order valence-corrected chi connectivity index (χ2v) is 4.99. The molecular formula is C18H15NO3. The second-order valence-electron chi connectivity index (χ2n) is 4.99. The summed E-state index contributed by atoms with van der Waals surface area (Å²) in [6, 6.07) is 14.7. The van der Waals surface area contributed by atoms with Gasteiger partial charge in [-0.1, -0.05) is 36.4 Å². The second kappa shape index (κ2) is 5.48. The predicted molar refractivity (Wildman–Crippen MR) is 85.2 cm³/mol. The molecule has 0 aliphatic rings. The van der Waals surface area contributed by atoms with Gasteiger partial charge in [-0.05, 0) is 24.6 Å². The quantitative estimate of drug-likeness (QED) is 0.682. The molecule has 0 unspecified atom stereocenters. The minimum Gasteiger partial charge on any atom is -0.465 e. The first-order valence-electron chi connectivity index (χ1n) is 6.93. The van der Waals surface area contributed by atoms with Crippen LogP contribution in [0.5, 0.6) is 0 Å². The Morgan fingerprint density at radius 2 is 1.73 bits per heavy atom. The fourth-order valence-electron chi connectivity index (χ4n) is 2.70. The molecule has 0 radical (unpaired) electrons. The van der Waals surface area contributed by atoms with Gasteiger partial charge in [-0.15, -0.1) is 0 Å². The third-order valence-corrected chi connectivity index (χ3v) is 3.73. The highest BCUT2D eigenvalue weighted by Crippen LogP contribution is 2.29. The third-order valence-electron chi connectivity index (χ3n) is 3.73. The minimum absolute atomic E-state index is 0.137. The van der Waals surface area contributed by atoms with E-state index in [1.807, 2.05) is 30.3 Å². The van der Waals surface area contributed by atoms with E-state index in [-0.39, 0.29) is 5.56 Å². The van der Waals surface area contributed by atoms with Crippen molar-refractivity contribution in [2.45, 2.75) is 6.92 Å². The summed E-state index contributed by atoms with van der Waals surface area (Å²) in [6.45, 7) is 1.73. The lowest BCUT2D eigenvalue weighted by Crippen LogP contribution is -2.21. The van der Waals surface area contributed by atoms with E-state index in [1.165, 1.54) is 11.5 Å². The molecule has 0 fully saturated rings. The fourth-order valence-corrected chi connectivity index (χ4v) is 2.70. The van der Waals surface area contributed by atoms with Crippen LogP contribution >= 0.6 is 0 Å². The number of benzene rings is 1. The number of carbonyl (C=O) groups is 1. The summed E-state index contributed by atoms with van der Waals surface area (Å²) < 4.78 is 6.43. The first kappa shape index (κ1) is 14.1. The van der Waals surface area contributed by atoms with Crippen LogP contribution in [0.2, 0.25) is 0 Å². The largest absolute Gasteiger partial charge is 0.465 e. The van der Waals surface area contributed by atoms with Gasteiger partial charge in [0.25, 0.3) is 5.56 Å². The van der Waals surface area contributed by atoms with Crippen LogP contribution in [0.3, 0.4) is 0 Å². The van der Waals surface area contributed by atoms with Crippen molar-refractivity contribution in [3.63, 3.8) is 0 Å². The summed E-state index contributed by atoms with van der Waals surface area (Å²) in [5, 5.41) is 0. The Morgan fingerprint density at radius 3 is 2.41 bits per heavy atom. The van der Waals surface area contributed by atoms with Crippen molar-refractivity contribution in [1.82, 2.24) is 4.40 Å². The molecule has 3 rings (SSSR count). The molecule has 0 bridgehead atoms. The number of methoxy groups -OCH3 is 1. The molecule has 2 heterocycles. The topological polar surface area (TPSA) is 47.8 Å². The van der Waals surface area contributed by atoms with Gasteiger partial charge in [0.1, 0.15) is 0 Å². The number of nitrogens with zero attached hydrogens (tertiary/aromatic N) is 1. The van der Waals surface area contributed by atoms with E-state index in [9.17, 15) is 9.59 Å². The van der Waals surface area contributed by atoms with Gasteiger partial charge in [-0.25, -0.2) is 4.79 Å². The Kier molecular flexibility index (Phi) is 3.51. The number of carbonyl (C=O) groups excluding carboxylic acids is 1. The average molecular weight is 293 g/mol. The number of fused-ring (bicyclic) bond motifs is 1. The van der Waals surface area contributed by atoms with Gasteiger partial charge in [-0.2, -0.15) is 0 Å². The average Bonchev–Trinajstić information content (AvgIpc) is 2.58. The highest BCUT2D eigenvalue weighted by Gasteiger charge is 2.22. The first-order chi connectivity index (χ1) is 10.6. The number of esters is 1. The molecule has 3 aromatic rings. The summed E-state index contributed by atoms with van der Waals surface area (Å²) in [6.07, 6.45) is 1.66. The van der Waals surface area contributed by atoms with Crippen LogP contribution in [-0.2, 0) is 4.74 Å². The zero-order valence-corrected chi connectivity index (χ0v) is 12.4. The van der Waals surface area contributed by atoms with Crippen LogP contribution in [0.15, 0.2) is 59.5 Å². The van der Waals surface area contributed by atoms with Crippen molar-refractivity contribution >= 4 is 11.5 Å². The Bertz CT molecular complexity index is 911. The van der Waals surface area contributed by atoms with Gasteiger partial charge in [0.05, 0.1) is 18.2 Å². The molecule has 0 aliphatic carbocycles. The third kappa shape index (κ3) is 2.09. The van der Waals surface area contributed by atoms with E-state index >= 15 is 0 Å². The lowest BCUT2D eigenvalue weighted by Gasteiger charge is -2.15. The lowest BCUT2D eigenvalue weighted by molar-refractivity contribution is 0.0603. The van der Waals surface area contributed by atoms with Crippen LogP contribution in [0.1, 0.15) is 15.9 Å². The van der Waals surface area contributed by atoms with E-state index in [1.54, 1.807) is 31.3 Å². The molecule has 0 spiro atoms. The summed E-state index contributed by atoms with van der Waals surface area (Å²) in [5.41, 5.74) is 2.79. The van der Waals surface area contributed by atoms with Crippen molar-refractivity contribution < 1.29 is 9.53 Å². The maximum absolute atomic E-state index is 12.6. The van der Waals surface area contributed by atoms with Crippen molar-refractivity contribution in [3.8, 4) is 11.1 Å². The summed E-state index contributed by atoms with van der Waals surface area (Å²) in [5.74, 6) is -0.453. The van der Waals surface area contributed by atoms with Crippen molar-refractivity contribution in [2.24, 2.45) is 0 Å². The fraction of sp³-hybridized carbons (Fsp3) is 0.111. The molecule has 0 saturated carbocycles. The van der Waals surface area contributed by atoms with Gasteiger partial charge < -0.3 is 4.74 Å². The van der Waals surface area contributed by atoms with Crippen LogP contribution in [0.4, 0.5) is 0 Å². The molecule has 0 saturated heterocycles. The Hall–Kier alpha value is -2.88. The molecule has 0 amide bonds. The number of ether oxygens (including phenoxy) is 1. The van der Waals surface area contributed by atoms with Gasteiger partial charge in [0.2, 0.25) is 0 Å². The van der Waals surface area contributed by atoms with Crippen LogP contribution in [0.25, 0.3) is 16.6 Å². The molecule has 4 heteroatoms. The molecule has 110 valence electrons. The zero-order valence-electron chi connectivity index (χ0n) is 12.4. The SMILES string of the molecule is COC(=O)c1c(-c2ccccc2)c(C)c(=O)n2ccccc12. The van der Waals surface area contributed by atoms with Crippen molar-refractivity contribution in [1.29, 1.82) is 0 Å². The lowest BCUT2D eigenvalue weighted by atomic mass is 9.95. The number of hydrogen-bond donors (Lipinski definition) is 0. The Labute approximate surface area is 127 Å². The van der Waals surface area contributed by atoms with Crippen LogP contribution in [-0.4, -0.2) is 17.5 Å². The van der Waals surface area contributed by atoms with E-state index in [0.717, 1.165) is 5.56 Å². The maximum atomic E-state index is 12.6. The minimum atomic E-state index is -0.453. The molecule has 1 aromatic carbocycles. The van der Waals surface area contributed by atoms with Crippen molar-refractivity contribution in [2.75, 3.05) is 7.11 Å². The predicted octanol–water partition coefficient (Wildman–Crippen LogP) is 3.06. The van der Waals surface area contributed by atoms with E-state index in [4.69, 9.17) is 4.74 Å². The number of aromatic nitrogens is 1. The molecule has 0 aliphatic heterocycles. The molecule has 2 aromatic heterocycles. The first-order valence-corrected chi connectivity index (χ1v) is 6.93. The van der Waals surface area contributed by atoms with Gasteiger partial charge in [0, 0.05) is 17.3 Å². The van der Waals surface area contributed by atoms with Crippen LogP contribution in [0, 0.1) is 6.92 Å². The Balaban J connectivity index is 2.53. The monoisotopic (exact) mass is 293 g/mol. The normalized spacial score (nSPS) is 10.6. The van der Waals surface area contributed by atoms with Gasteiger partial charge >= 0.3 is 5.97 Å².